The Balaban J connectivity index is 0. The van der Waals surface area contributed by atoms with Crippen molar-refractivity contribution in [3.05, 3.63) is 13.2 Å². The second-order valence-electron chi connectivity index (χ2n) is 1.43. The highest BCUT2D eigenvalue weighted by molar-refractivity contribution is 7.81. The van der Waals surface area contributed by atoms with Gasteiger partial charge in [0.05, 0.1) is 11.9 Å². The Morgan fingerprint density at radius 3 is 2.20 bits per heavy atom. The number of rotatable bonds is 2. The highest BCUT2D eigenvalue weighted by atomic mass is 32.1. The van der Waals surface area contributed by atoms with Gasteiger partial charge >= 0.3 is 5.97 Å². The van der Waals surface area contributed by atoms with Gasteiger partial charge in [0.15, 0.2) is 0 Å². The number of thiol groups is 1. The second-order valence-corrected chi connectivity index (χ2v) is 2.20. The van der Waals surface area contributed by atoms with E-state index in [0.717, 1.165) is 0 Å². The maximum absolute atomic E-state index is 10.4. The third-order valence-corrected chi connectivity index (χ3v) is 0.839. The first-order valence-corrected chi connectivity index (χ1v) is 3.54. The molecule has 0 aliphatic heterocycles. The van der Waals surface area contributed by atoms with Gasteiger partial charge in [0.25, 0.3) is 0 Å². The van der Waals surface area contributed by atoms with Crippen LogP contribution in [0.15, 0.2) is 13.2 Å². The zero-order valence-corrected chi connectivity index (χ0v) is 7.36. The molecule has 60 valence electrons. The van der Waals surface area contributed by atoms with Crippen LogP contribution in [-0.2, 0) is 9.53 Å². The molecule has 0 aliphatic rings. The zero-order valence-electron chi connectivity index (χ0n) is 6.46. The predicted molar refractivity (Wildman–Crippen MR) is 46.3 cm³/mol. The number of ether oxygens (including phenoxy) is 1. The van der Waals surface area contributed by atoms with Crippen molar-refractivity contribution in [3.8, 4) is 0 Å². The van der Waals surface area contributed by atoms with Crippen LogP contribution in [0.4, 0.5) is 0 Å². The van der Waals surface area contributed by atoms with Gasteiger partial charge in [-0.25, -0.2) is 0 Å². The maximum atomic E-state index is 10.4. The first kappa shape index (κ1) is 12.3. The summed E-state index contributed by atoms with van der Waals surface area (Å²) in [4.78, 5) is 10.4. The Labute approximate surface area is 67.7 Å². The topological polar surface area (TPSA) is 26.3 Å². The molecule has 0 fully saturated rings. The maximum Gasteiger partial charge on any atom is 0.318 e. The van der Waals surface area contributed by atoms with Crippen LogP contribution in [0.5, 0.6) is 0 Å². The summed E-state index contributed by atoms with van der Waals surface area (Å²) < 4.78 is 4.59. The van der Waals surface area contributed by atoms with Crippen molar-refractivity contribution in [1.29, 1.82) is 0 Å². The van der Waals surface area contributed by atoms with Gasteiger partial charge in [-0.15, -0.1) is 13.2 Å². The Hall–Kier alpha value is -0.440. The molecule has 0 saturated carbocycles. The van der Waals surface area contributed by atoms with Gasteiger partial charge in [0.1, 0.15) is 0 Å². The van der Waals surface area contributed by atoms with Gasteiger partial charge in [0, 0.05) is 0 Å². The van der Waals surface area contributed by atoms with E-state index in [1.54, 1.807) is 13.8 Å². The van der Waals surface area contributed by atoms with E-state index in [9.17, 15) is 4.79 Å². The smallest absolute Gasteiger partial charge is 0.318 e. The SMILES string of the molecule is C=C.CCOC(=O)C(C)S. The fraction of sp³-hybridized carbons (Fsp3) is 0.571. The van der Waals surface area contributed by atoms with Gasteiger partial charge in [-0.2, -0.15) is 12.6 Å². The normalized spacial score (nSPS) is 10.7. The van der Waals surface area contributed by atoms with Crippen molar-refractivity contribution in [2.24, 2.45) is 0 Å². The van der Waals surface area contributed by atoms with E-state index in [-0.39, 0.29) is 11.2 Å². The summed E-state index contributed by atoms with van der Waals surface area (Å²) in [6, 6.07) is 0. The predicted octanol–water partition coefficient (Wildman–Crippen LogP) is 1.67. The molecular weight excluding hydrogens is 148 g/mol. The minimum absolute atomic E-state index is 0.254. The number of carbonyl (C=O) groups is 1. The lowest BCUT2D eigenvalue weighted by Crippen LogP contribution is -2.13. The lowest BCUT2D eigenvalue weighted by molar-refractivity contribution is -0.142. The van der Waals surface area contributed by atoms with Gasteiger partial charge in [-0.05, 0) is 13.8 Å². The van der Waals surface area contributed by atoms with E-state index in [2.05, 4.69) is 30.5 Å². The van der Waals surface area contributed by atoms with Crippen LogP contribution in [0.2, 0.25) is 0 Å². The van der Waals surface area contributed by atoms with Crippen LogP contribution in [-0.4, -0.2) is 17.8 Å². The van der Waals surface area contributed by atoms with Gasteiger partial charge in [-0.3, -0.25) is 4.79 Å². The summed E-state index contributed by atoms with van der Waals surface area (Å²) in [5, 5.41) is -0.296. The summed E-state index contributed by atoms with van der Waals surface area (Å²) in [6.07, 6.45) is 0. The molecule has 1 unspecified atom stereocenters. The highest BCUT2D eigenvalue weighted by Gasteiger charge is 2.06. The molecule has 0 radical (unpaired) electrons. The lowest BCUT2D eigenvalue weighted by Gasteiger charge is -2.01. The molecule has 0 spiro atoms. The van der Waals surface area contributed by atoms with Crippen LogP contribution in [0.25, 0.3) is 0 Å². The minimum Gasteiger partial charge on any atom is -0.465 e. The summed E-state index contributed by atoms with van der Waals surface area (Å²) in [7, 11) is 0. The van der Waals surface area contributed by atoms with E-state index in [0.29, 0.717) is 6.61 Å². The van der Waals surface area contributed by atoms with Crippen molar-refractivity contribution in [3.63, 3.8) is 0 Å². The number of carbonyl (C=O) groups excluding carboxylic acids is 1. The molecule has 10 heavy (non-hydrogen) atoms. The molecular formula is C7H14O2S. The lowest BCUT2D eigenvalue weighted by atomic mass is 10.5. The standard InChI is InChI=1S/C5H10O2S.C2H4/c1-3-7-5(6)4(2)8;1-2/h4,8H,3H2,1-2H3;1-2H2. The number of esters is 1. The van der Waals surface area contributed by atoms with Gasteiger partial charge < -0.3 is 4.74 Å². The molecule has 0 aromatic carbocycles. The summed E-state index contributed by atoms with van der Waals surface area (Å²) in [6.45, 7) is 9.89. The third kappa shape index (κ3) is 7.56. The van der Waals surface area contributed by atoms with E-state index >= 15 is 0 Å². The van der Waals surface area contributed by atoms with Crippen molar-refractivity contribution in [2.45, 2.75) is 19.1 Å². The van der Waals surface area contributed by atoms with Crippen molar-refractivity contribution < 1.29 is 9.53 Å². The molecule has 0 N–H and O–H groups in total. The molecule has 0 saturated heterocycles. The fourth-order valence-corrected chi connectivity index (χ4v) is 0.337. The van der Waals surface area contributed by atoms with E-state index < -0.39 is 0 Å². The molecule has 0 heterocycles. The van der Waals surface area contributed by atoms with Gasteiger partial charge in [0.2, 0.25) is 0 Å². The van der Waals surface area contributed by atoms with Crippen LogP contribution in [0.1, 0.15) is 13.8 Å². The summed E-state index contributed by atoms with van der Waals surface area (Å²) in [5.74, 6) is -0.254. The molecule has 0 aromatic heterocycles. The van der Waals surface area contributed by atoms with Crippen molar-refractivity contribution in [2.75, 3.05) is 6.61 Å². The van der Waals surface area contributed by atoms with Crippen LogP contribution < -0.4 is 0 Å². The Kier molecular flexibility index (Phi) is 10.5. The average molecular weight is 162 g/mol. The Morgan fingerprint density at radius 1 is 1.70 bits per heavy atom. The average Bonchev–Trinajstić information content (AvgIpc) is 1.93. The Bertz CT molecular complexity index is 91.6. The van der Waals surface area contributed by atoms with Gasteiger partial charge in [-0.1, -0.05) is 0 Å². The molecule has 0 aromatic rings. The second kappa shape index (κ2) is 8.56. The fourth-order valence-electron chi connectivity index (χ4n) is 0.263. The van der Waals surface area contributed by atoms with E-state index in [1.807, 2.05) is 0 Å². The first-order valence-electron chi connectivity index (χ1n) is 3.03. The molecule has 2 nitrogen and oxygen atoms in total. The molecule has 0 bridgehead atoms. The highest BCUT2D eigenvalue weighted by Crippen LogP contribution is 1.94. The Morgan fingerprint density at radius 2 is 2.10 bits per heavy atom. The summed E-state index contributed by atoms with van der Waals surface area (Å²) >= 11 is 3.85. The van der Waals surface area contributed by atoms with Crippen LogP contribution >= 0.6 is 12.6 Å². The summed E-state index contributed by atoms with van der Waals surface area (Å²) in [5.41, 5.74) is 0. The van der Waals surface area contributed by atoms with Crippen LogP contribution in [0.3, 0.4) is 0 Å². The third-order valence-electron chi connectivity index (χ3n) is 0.628. The number of hydrogen-bond donors (Lipinski definition) is 1. The first-order chi connectivity index (χ1) is 4.68. The molecule has 0 rings (SSSR count). The molecule has 0 amide bonds. The van der Waals surface area contributed by atoms with E-state index in [4.69, 9.17) is 0 Å². The van der Waals surface area contributed by atoms with Crippen LogP contribution in [0, 0.1) is 0 Å². The number of hydrogen-bond acceptors (Lipinski definition) is 3. The molecule has 0 aliphatic carbocycles. The largest absolute Gasteiger partial charge is 0.465 e. The quantitative estimate of drug-likeness (QED) is 0.380. The van der Waals surface area contributed by atoms with Crippen molar-refractivity contribution in [1.82, 2.24) is 0 Å². The monoisotopic (exact) mass is 162 g/mol. The molecule has 3 heteroatoms. The van der Waals surface area contributed by atoms with Crippen molar-refractivity contribution >= 4 is 18.6 Å². The van der Waals surface area contributed by atoms with E-state index in [1.165, 1.54) is 0 Å². The minimum atomic E-state index is -0.296. The molecule has 1 atom stereocenters. The zero-order chi connectivity index (χ0) is 8.57.